The molecule has 2 rings (SSSR count). The van der Waals surface area contributed by atoms with Crippen LogP contribution in [0.4, 0.5) is 0 Å². The van der Waals surface area contributed by atoms with Gasteiger partial charge < -0.3 is 24.4 Å². The Kier molecular flexibility index (Phi) is 9.92. The van der Waals surface area contributed by atoms with Gasteiger partial charge in [0.2, 0.25) is 0 Å². The van der Waals surface area contributed by atoms with Crippen molar-refractivity contribution in [2.45, 2.75) is 45.1 Å². The van der Waals surface area contributed by atoms with Crippen molar-refractivity contribution in [2.75, 3.05) is 59.7 Å². The summed E-state index contributed by atoms with van der Waals surface area (Å²) in [6.07, 6.45) is 7.79. The second-order valence-corrected chi connectivity index (χ2v) is 6.58. The van der Waals surface area contributed by atoms with E-state index in [2.05, 4.69) is 23.2 Å². The second-order valence-electron chi connectivity index (χ2n) is 6.58. The minimum Gasteiger partial charge on any atom is -0.385 e. The van der Waals surface area contributed by atoms with Gasteiger partial charge in [-0.05, 0) is 39.0 Å². The summed E-state index contributed by atoms with van der Waals surface area (Å²) in [4.78, 5) is 7.21. The lowest BCUT2D eigenvalue weighted by atomic mass is 10.1. The summed E-state index contributed by atoms with van der Waals surface area (Å²) < 4.78 is 16.4. The number of guanidine groups is 1. The number of methoxy groups -OCH3 is 1. The van der Waals surface area contributed by atoms with E-state index in [1.54, 1.807) is 7.11 Å². The first kappa shape index (κ1) is 20.2. The Morgan fingerprint density at radius 1 is 1.36 bits per heavy atom. The topological polar surface area (TPSA) is 55.3 Å². The van der Waals surface area contributed by atoms with Crippen molar-refractivity contribution in [2.24, 2.45) is 4.99 Å². The van der Waals surface area contributed by atoms with E-state index in [1.807, 2.05) is 0 Å². The van der Waals surface area contributed by atoms with E-state index >= 15 is 0 Å². The monoisotopic (exact) mass is 353 g/mol. The predicted octanol–water partition coefficient (Wildman–Crippen LogP) is 2.21. The fourth-order valence-corrected chi connectivity index (χ4v) is 3.21. The van der Waals surface area contributed by atoms with Gasteiger partial charge in [0.15, 0.2) is 5.96 Å². The number of aliphatic imine (C=N–C) groups is 1. The molecule has 0 saturated carbocycles. The van der Waals surface area contributed by atoms with Gasteiger partial charge >= 0.3 is 0 Å². The van der Waals surface area contributed by atoms with Crippen molar-refractivity contribution in [1.82, 2.24) is 10.2 Å². The lowest BCUT2D eigenvalue weighted by Gasteiger charge is -2.34. The fraction of sp³-hybridized carbons (Fsp3) is 0.842. The molecule has 0 amide bonds. The maximum absolute atomic E-state index is 5.95. The maximum atomic E-state index is 5.95. The summed E-state index contributed by atoms with van der Waals surface area (Å²) in [5, 5.41) is 3.44. The Hall–Kier alpha value is -1.11. The first-order chi connectivity index (χ1) is 12.3. The van der Waals surface area contributed by atoms with Crippen molar-refractivity contribution in [1.29, 1.82) is 0 Å². The standard InChI is InChI=1S/C19H35N3O3/c1-3-20-19(21-10-5-17-8-15-24-16-9-17)22-11-6-18(7-12-22)25-14-4-13-23-2/h8,18H,3-7,9-16H2,1-2H3,(H,20,21). The largest absolute Gasteiger partial charge is 0.385 e. The number of hydrogen-bond acceptors (Lipinski definition) is 4. The fourth-order valence-electron chi connectivity index (χ4n) is 3.21. The highest BCUT2D eigenvalue weighted by Gasteiger charge is 2.21. The highest BCUT2D eigenvalue weighted by molar-refractivity contribution is 5.80. The molecular weight excluding hydrogens is 318 g/mol. The van der Waals surface area contributed by atoms with Crippen LogP contribution < -0.4 is 5.32 Å². The Morgan fingerprint density at radius 2 is 2.20 bits per heavy atom. The predicted molar refractivity (Wildman–Crippen MR) is 101 cm³/mol. The van der Waals surface area contributed by atoms with E-state index in [0.29, 0.717) is 6.10 Å². The third-order valence-electron chi connectivity index (χ3n) is 4.67. The third kappa shape index (κ3) is 7.75. The summed E-state index contributed by atoms with van der Waals surface area (Å²) in [5.74, 6) is 1.05. The van der Waals surface area contributed by atoms with E-state index in [9.17, 15) is 0 Å². The molecule has 0 aromatic rings. The summed E-state index contributed by atoms with van der Waals surface area (Å²) >= 11 is 0. The first-order valence-electron chi connectivity index (χ1n) is 9.73. The van der Waals surface area contributed by atoms with E-state index in [1.165, 1.54) is 5.57 Å². The van der Waals surface area contributed by atoms with Crippen LogP contribution >= 0.6 is 0 Å². The number of rotatable bonds is 9. The Labute approximate surface area is 152 Å². The van der Waals surface area contributed by atoms with E-state index < -0.39 is 0 Å². The van der Waals surface area contributed by atoms with Crippen LogP contribution in [-0.4, -0.2) is 76.7 Å². The lowest BCUT2D eigenvalue weighted by Crippen LogP contribution is -2.47. The zero-order valence-electron chi connectivity index (χ0n) is 16.0. The van der Waals surface area contributed by atoms with E-state index in [0.717, 1.165) is 90.7 Å². The molecule has 6 nitrogen and oxygen atoms in total. The number of piperidine rings is 1. The van der Waals surface area contributed by atoms with E-state index in [4.69, 9.17) is 19.2 Å². The van der Waals surface area contributed by atoms with Crippen LogP contribution in [0.5, 0.6) is 0 Å². The zero-order chi connectivity index (χ0) is 17.7. The average Bonchev–Trinajstić information content (AvgIpc) is 2.66. The number of ether oxygens (including phenoxy) is 3. The van der Waals surface area contributed by atoms with Gasteiger partial charge in [-0.1, -0.05) is 11.6 Å². The molecule has 0 unspecified atom stereocenters. The average molecular weight is 354 g/mol. The van der Waals surface area contributed by atoms with Crippen LogP contribution in [0, 0.1) is 0 Å². The number of nitrogens with zero attached hydrogens (tertiary/aromatic N) is 2. The number of hydrogen-bond donors (Lipinski definition) is 1. The first-order valence-corrected chi connectivity index (χ1v) is 9.73. The van der Waals surface area contributed by atoms with Gasteiger partial charge in [-0.2, -0.15) is 0 Å². The van der Waals surface area contributed by atoms with Gasteiger partial charge in [-0.3, -0.25) is 4.99 Å². The molecule has 1 fully saturated rings. The van der Waals surface area contributed by atoms with Gasteiger partial charge in [0, 0.05) is 46.5 Å². The summed E-state index contributed by atoms with van der Waals surface area (Å²) in [5.41, 5.74) is 1.48. The molecule has 0 atom stereocenters. The summed E-state index contributed by atoms with van der Waals surface area (Å²) in [6, 6.07) is 0. The molecule has 2 aliphatic heterocycles. The van der Waals surface area contributed by atoms with Gasteiger partial charge in [-0.15, -0.1) is 0 Å². The number of likely N-dealkylation sites (tertiary alicyclic amines) is 1. The molecule has 0 radical (unpaired) electrons. The molecule has 1 N–H and O–H groups in total. The highest BCUT2D eigenvalue weighted by atomic mass is 16.5. The smallest absolute Gasteiger partial charge is 0.193 e. The molecule has 0 aromatic heterocycles. The van der Waals surface area contributed by atoms with Crippen LogP contribution in [0.3, 0.4) is 0 Å². The maximum Gasteiger partial charge on any atom is 0.193 e. The zero-order valence-corrected chi connectivity index (χ0v) is 16.0. The molecule has 144 valence electrons. The minimum absolute atomic E-state index is 0.378. The van der Waals surface area contributed by atoms with Gasteiger partial charge in [0.1, 0.15) is 0 Å². The highest BCUT2D eigenvalue weighted by Crippen LogP contribution is 2.15. The molecule has 0 aromatic carbocycles. The second kappa shape index (κ2) is 12.3. The lowest BCUT2D eigenvalue weighted by molar-refractivity contribution is 0.00991. The Bertz CT molecular complexity index is 418. The van der Waals surface area contributed by atoms with Crippen molar-refractivity contribution in [3.63, 3.8) is 0 Å². The van der Waals surface area contributed by atoms with Crippen molar-refractivity contribution in [3.05, 3.63) is 11.6 Å². The van der Waals surface area contributed by atoms with Gasteiger partial charge in [0.05, 0.1) is 19.3 Å². The normalized spacial score (nSPS) is 19.8. The third-order valence-corrected chi connectivity index (χ3v) is 4.67. The van der Waals surface area contributed by atoms with Gasteiger partial charge in [0.25, 0.3) is 0 Å². The van der Waals surface area contributed by atoms with Crippen LogP contribution in [0.15, 0.2) is 16.6 Å². The molecule has 0 aliphatic carbocycles. The molecule has 2 heterocycles. The van der Waals surface area contributed by atoms with E-state index in [-0.39, 0.29) is 0 Å². The quantitative estimate of drug-likeness (QED) is 0.298. The molecule has 25 heavy (non-hydrogen) atoms. The van der Waals surface area contributed by atoms with Crippen LogP contribution in [0.2, 0.25) is 0 Å². The van der Waals surface area contributed by atoms with Crippen LogP contribution in [-0.2, 0) is 14.2 Å². The van der Waals surface area contributed by atoms with Crippen molar-refractivity contribution in [3.8, 4) is 0 Å². The Morgan fingerprint density at radius 3 is 2.88 bits per heavy atom. The molecule has 6 heteroatoms. The molecule has 0 bridgehead atoms. The van der Waals surface area contributed by atoms with Crippen LogP contribution in [0.1, 0.15) is 39.0 Å². The number of nitrogens with one attached hydrogen (secondary N) is 1. The van der Waals surface area contributed by atoms with Crippen molar-refractivity contribution < 1.29 is 14.2 Å². The summed E-state index contributed by atoms with van der Waals surface area (Å²) in [7, 11) is 1.73. The SMILES string of the molecule is CCNC(=NCCC1=CCOCC1)N1CCC(OCCCOC)CC1. The minimum atomic E-state index is 0.378. The van der Waals surface area contributed by atoms with Gasteiger partial charge in [-0.25, -0.2) is 0 Å². The Balaban J connectivity index is 1.72. The van der Waals surface area contributed by atoms with Crippen molar-refractivity contribution >= 4 is 5.96 Å². The molecule has 2 aliphatic rings. The molecular formula is C19H35N3O3. The molecule has 0 spiro atoms. The molecule has 1 saturated heterocycles. The summed E-state index contributed by atoms with van der Waals surface area (Å²) in [6.45, 7) is 9.09. The van der Waals surface area contributed by atoms with Crippen LogP contribution in [0.25, 0.3) is 0 Å².